The van der Waals surface area contributed by atoms with E-state index >= 15 is 0 Å². The molecule has 0 radical (unpaired) electrons. The molecule has 0 spiro atoms. The molecule has 0 aliphatic rings. The second-order valence-electron chi connectivity index (χ2n) is 4.14. The molecular weight excluding hydrogens is 283 g/mol. The molecule has 1 heterocycles. The monoisotopic (exact) mass is 294 g/mol. The van der Waals surface area contributed by atoms with Gasteiger partial charge in [0.15, 0.2) is 0 Å². The van der Waals surface area contributed by atoms with E-state index in [1.165, 1.54) is 43.5 Å². The van der Waals surface area contributed by atoms with E-state index in [4.69, 9.17) is 0 Å². The van der Waals surface area contributed by atoms with Gasteiger partial charge in [0, 0.05) is 38.3 Å². The highest BCUT2D eigenvalue weighted by Crippen LogP contribution is 2.39. The van der Waals surface area contributed by atoms with E-state index in [-0.39, 0.29) is 5.56 Å². The predicted molar refractivity (Wildman–Crippen MR) is 61.9 cm³/mol. The number of rotatable bonds is 4. The SMILES string of the molecule is CN(C)C=C(C(=O)C(F)(F)C(F)(F)F)c1ccncc1. The maximum atomic E-state index is 13.2. The third-order valence-corrected chi connectivity index (χ3v) is 2.26. The van der Waals surface area contributed by atoms with Crippen LogP contribution in [-0.2, 0) is 4.79 Å². The van der Waals surface area contributed by atoms with Gasteiger partial charge in [-0.1, -0.05) is 0 Å². The molecule has 0 saturated carbocycles. The van der Waals surface area contributed by atoms with Gasteiger partial charge in [0.05, 0.1) is 0 Å². The van der Waals surface area contributed by atoms with E-state index in [1.807, 2.05) is 0 Å². The summed E-state index contributed by atoms with van der Waals surface area (Å²) in [7, 11) is 2.81. The summed E-state index contributed by atoms with van der Waals surface area (Å²) in [5.74, 6) is -7.75. The summed E-state index contributed by atoms with van der Waals surface area (Å²) in [6, 6.07) is 2.36. The van der Waals surface area contributed by atoms with Gasteiger partial charge in [0.25, 0.3) is 0 Å². The Bertz CT molecular complexity index is 508. The molecule has 3 nitrogen and oxygen atoms in total. The molecular formula is C12H11F5N2O. The van der Waals surface area contributed by atoms with Gasteiger partial charge < -0.3 is 4.90 Å². The van der Waals surface area contributed by atoms with Crippen LogP contribution in [0.3, 0.4) is 0 Å². The van der Waals surface area contributed by atoms with Crippen molar-refractivity contribution in [2.75, 3.05) is 14.1 Å². The summed E-state index contributed by atoms with van der Waals surface area (Å²) in [4.78, 5) is 16.4. The van der Waals surface area contributed by atoms with Gasteiger partial charge in [0.2, 0.25) is 5.78 Å². The number of ketones is 1. The number of nitrogens with zero attached hydrogens (tertiary/aromatic N) is 2. The summed E-state index contributed by atoms with van der Waals surface area (Å²) >= 11 is 0. The average Bonchev–Trinajstić information content (AvgIpc) is 2.34. The predicted octanol–water partition coefficient (Wildman–Crippen LogP) is 2.75. The lowest BCUT2D eigenvalue weighted by molar-refractivity contribution is -0.265. The average molecular weight is 294 g/mol. The molecule has 1 aromatic rings. The summed E-state index contributed by atoms with van der Waals surface area (Å²) in [5.41, 5.74) is -0.803. The standard InChI is InChI=1S/C12H11F5N2O/c1-19(2)7-9(8-3-5-18-6-4-8)10(20)11(13,14)12(15,16)17/h3-7H,1-2H3. The van der Waals surface area contributed by atoms with Crippen LogP contribution in [0.5, 0.6) is 0 Å². The van der Waals surface area contributed by atoms with Gasteiger partial charge in [-0.3, -0.25) is 9.78 Å². The Morgan fingerprint density at radius 3 is 2.05 bits per heavy atom. The van der Waals surface area contributed by atoms with Crippen molar-refractivity contribution < 1.29 is 26.7 Å². The number of carbonyl (C=O) groups excluding carboxylic acids is 1. The van der Waals surface area contributed by atoms with Crippen molar-refractivity contribution in [3.05, 3.63) is 36.3 Å². The fourth-order valence-corrected chi connectivity index (χ4v) is 1.35. The van der Waals surface area contributed by atoms with Crippen LogP contribution in [0.4, 0.5) is 22.0 Å². The summed E-state index contributed by atoms with van der Waals surface area (Å²) in [5, 5.41) is 0. The molecule has 20 heavy (non-hydrogen) atoms. The number of allylic oxidation sites excluding steroid dienone is 1. The third-order valence-electron chi connectivity index (χ3n) is 2.26. The van der Waals surface area contributed by atoms with Crippen LogP contribution in [-0.4, -0.2) is 41.9 Å². The Hall–Kier alpha value is -1.99. The number of pyridine rings is 1. The zero-order valence-electron chi connectivity index (χ0n) is 10.6. The smallest absolute Gasteiger partial charge is 0.383 e. The molecule has 0 N–H and O–H groups in total. The highest BCUT2D eigenvalue weighted by molar-refractivity contribution is 6.24. The fraction of sp³-hybridized carbons (Fsp3) is 0.333. The molecule has 0 amide bonds. The van der Waals surface area contributed by atoms with Crippen LogP contribution >= 0.6 is 0 Å². The van der Waals surface area contributed by atoms with Crippen molar-refractivity contribution >= 4 is 11.4 Å². The summed E-state index contributed by atoms with van der Waals surface area (Å²) < 4.78 is 63.1. The Labute approximate surface area is 111 Å². The van der Waals surface area contributed by atoms with Crippen LogP contribution in [0.25, 0.3) is 5.57 Å². The Morgan fingerprint density at radius 2 is 1.65 bits per heavy atom. The van der Waals surface area contributed by atoms with Gasteiger partial charge >= 0.3 is 12.1 Å². The molecule has 8 heteroatoms. The molecule has 1 aromatic heterocycles. The minimum absolute atomic E-state index is 0.0670. The molecule has 0 atom stereocenters. The van der Waals surface area contributed by atoms with Crippen molar-refractivity contribution in [2.45, 2.75) is 12.1 Å². The quantitative estimate of drug-likeness (QED) is 0.632. The number of alkyl halides is 5. The molecule has 0 bridgehead atoms. The van der Waals surface area contributed by atoms with Gasteiger partial charge in [-0.15, -0.1) is 0 Å². The maximum absolute atomic E-state index is 13.2. The molecule has 0 saturated heterocycles. The third kappa shape index (κ3) is 3.31. The van der Waals surface area contributed by atoms with Crippen molar-refractivity contribution in [3.8, 4) is 0 Å². The first-order valence-electron chi connectivity index (χ1n) is 5.35. The molecule has 110 valence electrons. The molecule has 0 unspecified atom stereocenters. The largest absolute Gasteiger partial charge is 0.461 e. The van der Waals surface area contributed by atoms with Crippen LogP contribution in [0.1, 0.15) is 5.56 Å². The van der Waals surface area contributed by atoms with Crippen LogP contribution in [0.15, 0.2) is 30.7 Å². The number of hydrogen-bond acceptors (Lipinski definition) is 3. The second-order valence-corrected chi connectivity index (χ2v) is 4.14. The molecule has 0 aliphatic heterocycles. The van der Waals surface area contributed by atoms with Crippen molar-refractivity contribution in [2.24, 2.45) is 0 Å². The van der Waals surface area contributed by atoms with Gasteiger partial charge in [0.1, 0.15) is 0 Å². The van der Waals surface area contributed by atoms with Crippen molar-refractivity contribution in [1.82, 2.24) is 9.88 Å². The van der Waals surface area contributed by atoms with E-state index in [0.29, 0.717) is 0 Å². The number of hydrogen-bond donors (Lipinski definition) is 0. The van der Waals surface area contributed by atoms with E-state index in [9.17, 15) is 26.7 Å². The number of halogens is 5. The Kier molecular flexibility index (Phi) is 4.46. The second kappa shape index (κ2) is 5.56. The molecule has 1 rings (SSSR count). The van der Waals surface area contributed by atoms with Gasteiger partial charge in [-0.05, 0) is 17.7 Å². The van der Waals surface area contributed by atoms with Crippen LogP contribution in [0.2, 0.25) is 0 Å². The zero-order valence-corrected chi connectivity index (χ0v) is 10.6. The molecule has 0 fully saturated rings. The van der Waals surface area contributed by atoms with Gasteiger partial charge in [-0.2, -0.15) is 22.0 Å². The van der Waals surface area contributed by atoms with E-state index in [2.05, 4.69) is 4.98 Å². The summed E-state index contributed by atoms with van der Waals surface area (Å²) in [6.45, 7) is 0. The van der Waals surface area contributed by atoms with Crippen LogP contribution < -0.4 is 0 Å². The molecule has 0 aromatic carbocycles. The normalized spacial score (nSPS) is 13.2. The number of carbonyl (C=O) groups is 1. The number of aromatic nitrogens is 1. The van der Waals surface area contributed by atoms with Crippen LogP contribution in [0, 0.1) is 0 Å². The maximum Gasteiger partial charge on any atom is 0.461 e. The van der Waals surface area contributed by atoms with Crippen molar-refractivity contribution in [1.29, 1.82) is 0 Å². The number of Topliss-reactive ketones (excluding diaryl/α,β-unsaturated/α-hetero) is 1. The lowest BCUT2D eigenvalue weighted by atomic mass is 9.99. The Balaban J connectivity index is 3.31. The zero-order chi connectivity index (χ0) is 15.6. The minimum Gasteiger partial charge on any atom is -0.383 e. The first-order valence-corrected chi connectivity index (χ1v) is 5.35. The Morgan fingerprint density at radius 1 is 1.15 bits per heavy atom. The first-order chi connectivity index (χ1) is 9.07. The lowest BCUT2D eigenvalue weighted by Crippen LogP contribution is -2.44. The minimum atomic E-state index is -5.94. The van der Waals surface area contributed by atoms with E-state index < -0.39 is 23.5 Å². The van der Waals surface area contributed by atoms with E-state index in [0.717, 1.165) is 6.20 Å². The topological polar surface area (TPSA) is 33.2 Å². The first kappa shape index (κ1) is 16.1. The van der Waals surface area contributed by atoms with Gasteiger partial charge in [-0.25, -0.2) is 0 Å². The fourth-order valence-electron chi connectivity index (χ4n) is 1.35. The van der Waals surface area contributed by atoms with Crippen molar-refractivity contribution in [3.63, 3.8) is 0 Å². The molecule has 0 aliphatic carbocycles. The highest BCUT2D eigenvalue weighted by Gasteiger charge is 2.63. The van der Waals surface area contributed by atoms with E-state index in [1.54, 1.807) is 0 Å². The lowest BCUT2D eigenvalue weighted by Gasteiger charge is -2.20. The highest BCUT2D eigenvalue weighted by atomic mass is 19.4. The summed E-state index contributed by atoms with van der Waals surface area (Å²) in [6.07, 6.45) is -2.64.